The molecule has 0 bridgehead atoms. The highest BCUT2D eigenvalue weighted by atomic mass is 16.6. The summed E-state index contributed by atoms with van der Waals surface area (Å²) in [7, 11) is 0. The van der Waals surface area contributed by atoms with Crippen molar-refractivity contribution in [3.63, 3.8) is 0 Å². The van der Waals surface area contributed by atoms with Gasteiger partial charge in [-0.3, -0.25) is 0 Å². The molecule has 0 radical (unpaired) electrons. The van der Waals surface area contributed by atoms with E-state index in [1.807, 2.05) is 13.0 Å². The summed E-state index contributed by atoms with van der Waals surface area (Å²) in [6.45, 7) is 4.20. The number of rotatable bonds is 0. The summed E-state index contributed by atoms with van der Waals surface area (Å²) in [6, 6.07) is 0. The molecule has 0 aromatic rings. The van der Waals surface area contributed by atoms with E-state index in [2.05, 4.69) is 12.7 Å². The SMILES string of the molecule is CC=C=C1CCCC2O[C@]12C. The molecule has 0 spiro atoms. The highest BCUT2D eigenvalue weighted by Crippen LogP contribution is 2.50. The van der Waals surface area contributed by atoms with E-state index in [1.54, 1.807) is 0 Å². The molecule has 1 saturated heterocycles. The van der Waals surface area contributed by atoms with Gasteiger partial charge in [0.25, 0.3) is 0 Å². The zero-order valence-corrected chi connectivity index (χ0v) is 7.18. The van der Waals surface area contributed by atoms with E-state index in [4.69, 9.17) is 4.74 Å². The number of epoxide rings is 1. The van der Waals surface area contributed by atoms with Gasteiger partial charge in [0, 0.05) is 5.57 Å². The van der Waals surface area contributed by atoms with Crippen molar-refractivity contribution in [2.75, 3.05) is 0 Å². The largest absolute Gasteiger partial charge is 0.361 e. The fourth-order valence-corrected chi connectivity index (χ4v) is 1.96. The predicted molar refractivity (Wildman–Crippen MR) is 44.4 cm³/mol. The summed E-state index contributed by atoms with van der Waals surface area (Å²) in [4.78, 5) is 0. The first-order chi connectivity index (χ1) is 5.27. The van der Waals surface area contributed by atoms with Gasteiger partial charge in [0.1, 0.15) is 5.60 Å². The van der Waals surface area contributed by atoms with Crippen LogP contribution in [0.2, 0.25) is 0 Å². The van der Waals surface area contributed by atoms with Crippen molar-refractivity contribution in [1.29, 1.82) is 0 Å². The van der Waals surface area contributed by atoms with Gasteiger partial charge in [-0.25, -0.2) is 0 Å². The highest BCUT2D eigenvalue weighted by molar-refractivity contribution is 5.27. The standard InChI is InChI=1S/C10H14O/c1-3-5-8-6-4-7-9-10(8,2)11-9/h3,9H,4,6-7H2,1-2H3/t5?,9?,10-/m1/s1. The van der Waals surface area contributed by atoms with E-state index in [9.17, 15) is 0 Å². The molecule has 0 aromatic carbocycles. The van der Waals surface area contributed by atoms with Crippen molar-refractivity contribution in [1.82, 2.24) is 0 Å². The number of hydrogen-bond acceptors (Lipinski definition) is 1. The maximum Gasteiger partial charge on any atom is 0.120 e. The average molecular weight is 150 g/mol. The third-order valence-corrected chi connectivity index (χ3v) is 2.76. The quantitative estimate of drug-likeness (QED) is 0.381. The molecule has 0 amide bonds. The monoisotopic (exact) mass is 150 g/mol. The maximum atomic E-state index is 5.61. The number of fused-ring (bicyclic) bond motifs is 1. The van der Waals surface area contributed by atoms with E-state index in [0.717, 1.165) is 0 Å². The van der Waals surface area contributed by atoms with Gasteiger partial charge in [-0.2, -0.15) is 0 Å². The Hall–Kier alpha value is -0.520. The van der Waals surface area contributed by atoms with Crippen LogP contribution in [-0.4, -0.2) is 11.7 Å². The second-order valence-corrected chi connectivity index (χ2v) is 3.52. The molecular weight excluding hydrogens is 136 g/mol. The Bertz CT molecular complexity index is 235. The van der Waals surface area contributed by atoms with Crippen LogP contribution in [0.1, 0.15) is 33.1 Å². The molecule has 1 saturated carbocycles. The minimum Gasteiger partial charge on any atom is -0.361 e. The van der Waals surface area contributed by atoms with Gasteiger partial charge < -0.3 is 4.74 Å². The molecule has 1 aliphatic heterocycles. The van der Waals surface area contributed by atoms with Crippen LogP contribution in [0.5, 0.6) is 0 Å². The minimum atomic E-state index is 0.0881. The summed E-state index contributed by atoms with van der Waals surface area (Å²) in [6.07, 6.45) is 6.20. The fourth-order valence-electron chi connectivity index (χ4n) is 1.96. The van der Waals surface area contributed by atoms with Crippen molar-refractivity contribution in [2.45, 2.75) is 44.8 Å². The lowest BCUT2D eigenvalue weighted by molar-refractivity contribution is 0.338. The van der Waals surface area contributed by atoms with Crippen molar-refractivity contribution in [3.8, 4) is 0 Å². The molecule has 0 N–H and O–H groups in total. The van der Waals surface area contributed by atoms with Gasteiger partial charge in [0.05, 0.1) is 6.10 Å². The smallest absolute Gasteiger partial charge is 0.120 e. The first-order valence-corrected chi connectivity index (χ1v) is 4.36. The molecule has 0 aromatic heterocycles. The lowest BCUT2D eigenvalue weighted by Gasteiger charge is -2.14. The van der Waals surface area contributed by atoms with Gasteiger partial charge in [0.2, 0.25) is 0 Å². The van der Waals surface area contributed by atoms with Gasteiger partial charge in [0.15, 0.2) is 0 Å². The van der Waals surface area contributed by atoms with Gasteiger partial charge in [-0.1, -0.05) is 0 Å². The Morgan fingerprint density at radius 2 is 2.55 bits per heavy atom. The summed E-state index contributed by atoms with van der Waals surface area (Å²) in [5.41, 5.74) is 4.74. The Balaban J connectivity index is 2.28. The number of hydrogen-bond donors (Lipinski definition) is 0. The van der Waals surface area contributed by atoms with Crippen LogP contribution in [-0.2, 0) is 4.74 Å². The molecule has 2 aliphatic rings. The van der Waals surface area contributed by atoms with Crippen molar-refractivity contribution >= 4 is 0 Å². The van der Waals surface area contributed by atoms with E-state index >= 15 is 0 Å². The third kappa shape index (κ3) is 0.962. The second-order valence-electron chi connectivity index (χ2n) is 3.52. The van der Waals surface area contributed by atoms with Crippen LogP contribution in [0.15, 0.2) is 17.4 Å². The summed E-state index contributed by atoms with van der Waals surface area (Å²) in [5.74, 6) is 0. The zero-order chi connectivity index (χ0) is 7.90. The Morgan fingerprint density at radius 3 is 3.27 bits per heavy atom. The molecule has 1 unspecified atom stereocenters. The van der Waals surface area contributed by atoms with Crippen LogP contribution in [0.25, 0.3) is 0 Å². The lowest BCUT2D eigenvalue weighted by Crippen LogP contribution is -2.17. The molecule has 1 heteroatoms. The molecular formula is C10H14O. The third-order valence-electron chi connectivity index (χ3n) is 2.76. The molecule has 2 rings (SSSR count). The summed E-state index contributed by atoms with van der Waals surface area (Å²) < 4.78 is 5.61. The van der Waals surface area contributed by atoms with Crippen molar-refractivity contribution in [2.24, 2.45) is 0 Å². The van der Waals surface area contributed by atoms with Gasteiger partial charge in [-0.05, 0) is 39.2 Å². The van der Waals surface area contributed by atoms with E-state index in [0.29, 0.717) is 6.10 Å². The van der Waals surface area contributed by atoms with E-state index < -0.39 is 0 Å². The van der Waals surface area contributed by atoms with Crippen LogP contribution in [0.3, 0.4) is 0 Å². The molecule has 1 nitrogen and oxygen atoms in total. The molecule has 1 heterocycles. The highest BCUT2D eigenvalue weighted by Gasteiger charge is 2.56. The minimum absolute atomic E-state index is 0.0881. The molecule has 60 valence electrons. The normalized spacial score (nSPS) is 40.9. The lowest BCUT2D eigenvalue weighted by atomic mass is 9.86. The van der Waals surface area contributed by atoms with E-state index in [-0.39, 0.29) is 5.60 Å². The topological polar surface area (TPSA) is 12.5 Å². The van der Waals surface area contributed by atoms with Gasteiger partial charge in [-0.15, -0.1) is 5.73 Å². The molecule has 2 fully saturated rings. The van der Waals surface area contributed by atoms with E-state index in [1.165, 1.54) is 24.8 Å². The average Bonchev–Trinajstić information content (AvgIpc) is 2.63. The molecule has 11 heavy (non-hydrogen) atoms. The first-order valence-electron chi connectivity index (χ1n) is 4.36. The Labute approximate surface area is 67.7 Å². The predicted octanol–water partition coefficient (Wildman–Crippen LogP) is 2.43. The molecule has 2 atom stereocenters. The van der Waals surface area contributed by atoms with Crippen molar-refractivity contribution in [3.05, 3.63) is 17.4 Å². The Morgan fingerprint density at radius 1 is 1.73 bits per heavy atom. The second kappa shape index (κ2) is 2.23. The summed E-state index contributed by atoms with van der Waals surface area (Å²) >= 11 is 0. The first kappa shape index (κ1) is 7.15. The number of ether oxygens (including phenoxy) is 1. The fraction of sp³-hybridized carbons (Fsp3) is 0.700. The van der Waals surface area contributed by atoms with Crippen LogP contribution in [0, 0.1) is 0 Å². The maximum absolute atomic E-state index is 5.61. The van der Waals surface area contributed by atoms with Crippen LogP contribution in [0.4, 0.5) is 0 Å². The van der Waals surface area contributed by atoms with Crippen LogP contribution < -0.4 is 0 Å². The van der Waals surface area contributed by atoms with Crippen molar-refractivity contribution < 1.29 is 4.74 Å². The molecule has 1 aliphatic carbocycles. The summed E-state index contributed by atoms with van der Waals surface area (Å²) in [5, 5.41) is 0. The Kier molecular flexibility index (Phi) is 1.45. The zero-order valence-electron chi connectivity index (χ0n) is 7.18. The van der Waals surface area contributed by atoms with Gasteiger partial charge >= 0.3 is 0 Å². The van der Waals surface area contributed by atoms with Crippen LogP contribution >= 0.6 is 0 Å².